The van der Waals surface area contributed by atoms with E-state index in [2.05, 4.69) is 60.1 Å². The third-order valence-corrected chi connectivity index (χ3v) is 4.29. The van der Waals surface area contributed by atoms with E-state index >= 15 is 0 Å². The first-order valence-electron chi connectivity index (χ1n) is 8.02. The molecule has 116 valence electrons. The molecule has 21 heavy (non-hydrogen) atoms. The Hall–Kier alpha value is -1.16. The summed E-state index contributed by atoms with van der Waals surface area (Å²) in [6.07, 6.45) is 3.30. The lowest BCUT2D eigenvalue weighted by Crippen LogP contribution is -2.51. The van der Waals surface area contributed by atoms with Crippen molar-refractivity contribution in [1.29, 1.82) is 0 Å². The Morgan fingerprint density at radius 2 is 1.86 bits per heavy atom. The van der Waals surface area contributed by atoms with Crippen LogP contribution in [0.25, 0.3) is 6.08 Å². The Morgan fingerprint density at radius 3 is 2.43 bits per heavy atom. The first-order valence-corrected chi connectivity index (χ1v) is 8.02. The number of piperazine rings is 1. The van der Waals surface area contributed by atoms with Gasteiger partial charge in [0.25, 0.3) is 0 Å². The Morgan fingerprint density at radius 1 is 1.19 bits per heavy atom. The molecule has 1 atom stereocenters. The summed E-state index contributed by atoms with van der Waals surface area (Å²) in [5, 5.41) is 9.39. The highest BCUT2D eigenvalue weighted by molar-refractivity contribution is 5.52. The molecule has 3 heteroatoms. The van der Waals surface area contributed by atoms with Crippen molar-refractivity contribution >= 4 is 6.08 Å². The number of benzene rings is 1. The lowest BCUT2D eigenvalue weighted by Gasteiger charge is -2.38. The van der Waals surface area contributed by atoms with E-state index in [1.165, 1.54) is 11.1 Å². The van der Waals surface area contributed by atoms with Crippen molar-refractivity contribution in [2.24, 2.45) is 0 Å². The van der Waals surface area contributed by atoms with Crippen LogP contribution in [0.4, 0.5) is 0 Å². The number of aliphatic hydroxyl groups is 1. The zero-order valence-electron chi connectivity index (χ0n) is 13.3. The molecular weight excluding hydrogens is 260 g/mol. The van der Waals surface area contributed by atoms with Crippen LogP contribution in [0.15, 0.2) is 35.9 Å². The van der Waals surface area contributed by atoms with Crippen LogP contribution >= 0.6 is 0 Å². The largest absolute Gasteiger partial charge is 0.395 e. The lowest BCUT2D eigenvalue weighted by atomic mass is 10.1. The van der Waals surface area contributed by atoms with Crippen LogP contribution in [0, 0.1) is 0 Å². The average Bonchev–Trinajstić information content (AvgIpc) is 2.51. The maximum Gasteiger partial charge on any atom is 0.0586 e. The summed E-state index contributed by atoms with van der Waals surface area (Å²) in [5.74, 6) is 0. The van der Waals surface area contributed by atoms with E-state index in [0.717, 1.165) is 39.1 Å². The molecule has 0 aromatic heterocycles. The molecule has 1 fully saturated rings. The topological polar surface area (TPSA) is 26.7 Å². The van der Waals surface area contributed by atoms with Crippen LogP contribution < -0.4 is 0 Å². The summed E-state index contributed by atoms with van der Waals surface area (Å²) in [4.78, 5) is 4.93. The van der Waals surface area contributed by atoms with Crippen LogP contribution in [-0.4, -0.2) is 60.3 Å². The molecule has 3 nitrogen and oxygen atoms in total. The highest BCUT2D eigenvalue weighted by Crippen LogP contribution is 2.12. The molecule has 0 spiro atoms. The normalized spacial score (nSPS) is 19.7. The summed E-state index contributed by atoms with van der Waals surface area (Å²) in [7, 11) is 0. The first-order chi connectivity index (χ1) is 10.2. The molecule has 0 amide bonds. The number of rotatable bonds is 6. The van der Waals surface area contributed by atoms with E-state index in [1.54, 1.807) is 0 Å². The van der Waals surface area contributed by atoms with Gasteiger partial charge in [-0.1, -0.05) is 48.9 Å². The maximum absolute atomic E-state index is 9.39. The lowest BCUT2D eigenvalue weighted by molar-refractivity contribution is 0.0672. The van der Waals surface area contributed by atoms with Crippen molar-refractivity contribution in [2.75, 3.05) is 39.3 Å². The molecule has 1 aromatic carbocycles. The van der Waals surface area contributed by atoms with Gasteiger partial charge in [0.2, 0.25) is 0 Å². The molecule has 1 aromatic rings. The molecular formula is C18H28N2O. The first kappa shape index (κ1) is 16.2. The van der Waals surface area contributed by atoms with Gasteiger partial charge in [-0.25, -0.2) is 0 Å². The van der Waals surface area contributed by atoms with Crippen molar-refractivity contribution in [1.82, 2.24) is 9.80 Å². The monoisotopic (exact) mass is 288 g/mol. The SMILES string of the molecule is CC[C@H](CO)N1CCN(C/C(C)=C/c2ccccc2)CC1. The molecule has 0 unspecified atom stereocenters. The van der Waals surface area contributed by atoms with E-state index in [0.29, 0.717) is 6.04 Å². The third-order valence-electron chi connectivity index (χ3n) is 4.29. The van der Waals surface area contributed by atoms with Gasteiger partial charge >= 0.3 is 0 Å². The van der Waals surface area contributed by atoms with E-state index in [9.17, 15) is 5.11 Å². The fourth-order valence-corrected chi connectivity index (χ4v) is 3.02. The molecule has 1 heterocycles. The van der Waals surface area contributed by atoms with Gasteiger partial charge < -0.3 is 5.11 Å². The van der Waals surface area contributed by atoms with Crippen LogP contribution in [0.5, 0.6) is 0 Å². The second-order valence-electron chi connectivity index (χ2n) is 5.96. The van der Waals surface area contributed by atoms with Crippen molar-refractivity contribution in [3.63, 3.8) is 0 Å². The van der Waals surface area contributed by atoms with Gasteiger partial charge in [0.05, 0.1) is 6.61 Å². The number of hydrogen-bond donors (Lipinski definition) is 1. The van der Waals surface area contributed by atoms with E-state index in [1.807, 2.05) is 0 Å². The third kappa shape index (κ3) is 4.95. The average molecular weight is 288 g/mol. The Bertz CT molecular complexity index is 432. The van der Waals surface area contributed by atoms with Crippen molar-refractivity contribution in [3.05, 3.63) is 41.5 Å². The molecule has 0 aliphatic carbocycles. The summed E-state index contributed by atoms with van der Waals surface area (Å²) in [6, 6.07) is 10.9. The second kappa shape index (κ2) is 8.32. The number of aliphatic hydroxyl groups excluding tert-OH is 1. The van der Waals surface area contributed by atoms with Crippen LogP contribution in [0.3, 0.4) is 0 Å². The minimum Gasteiger partial charge on any atom is -0.395 e. The Labute approximate surface area is 128 Å². The number of nitrogens with zero attached hydrogens (tertiary/aromatic N) is 2. The van der Waals surface area contributed by atoms with Gasteiger partial charge in [-0.2, -0.15) is 0 Å². The highest BCUT2D eigenvalue weighted by Gasteiger charge is 2.21. The maximum atomic E-state index is 9.39. The van der Waals surface area contributed by atoms with Crippen molar-refractivity contribution in [2.45, 2.75) is 26.3 Å². The van der Waals surface area contributed by atoms with E-state index in [4.69, 9.17) is 0 Å². The minimum atomic E-state index is 0.281. The fourth-order valence-electron chi connectivity index (χ4n) is 3.02. The van der Waals surface area contributed by atoms with Gasteiger partial charge in [0.15, 0.2) is 0 Å². The van der Waals surface area contributed by atoms with Crippen LogP contribution in [-0.2, 0) is 0 Å². The molecule has 2 rings (SSSR count). The molecule has 1 aliphatic rings. The number of hydrogen-bond acceptors (Lipinski definition) is 3. The Kier molecular flexibility index (Phi) is 6.43. The summed E-state index contributed by atoms with van der Waals surface area (Å²) in [5.41, 5.74) is 2.68. The second-order valence-corrected chi connectivity index (χ2v) is 5.96. The molecule has 0 bridgehead atoms. The van der Waals surface area contributed by atoms with Gasteiger partial charge in [0.1, 0.15) is 0 Å². The van der Waals surface area contributed by atoms with Gasteiger partial charge in [-0.15, -0.1) is 0 Å². The predicted molar refractivity (Wildman–Crippen MR) is 89.3 cm³/mol. The fraction of sp³-hybridized carbons (Fsp3) is 0.556. The molecule has 0 radical (unpaired) electrons. The Balaban J connectivity index is 1.82. The summed E-state index contributed by atoms with van der Waals surface area (Å²) < 4.78 is 0. The predicted octanol–water partition coefficient (Wildman–Crippen LogP) is 2.48. The van der Waals surface area contributed by atoms with E-state index < -0.39 is 0 Å². The molecule has 0 saturated carbocycles. The molecule has 1 saturated heterocycles. The molecule has 1 N–H and O–H groups in total. The van der Waals surface area contributed by atoms with Crippen molar-refractivity contribution < 1.29 is 5.11 Å². The summed E-state index contributed by atoms with van der Waals surface area (Å²) >= 11 is 0. The minimum absolute atomic E-state index is 0.281. The van der Waals surface area contributed by atoms with Gasteiger partial charge in [0, 0.05) is 38.8 Å². The van der Waals surface area contributed by atoms with Gasteiger partial charge in [-0.05, 0) is 18.9 Å². The highest BCUT2D eigenvalue weighted by atomic mass is 16.3. The smallest absolute Gasteiger partial charge is 0.0586 e. The van der Waals surface area contributed by atoms with E-state index in [-0.39, 0.29) is 6.61 Å². The van der Waals surface area contributed by atoms with Crippen LogP contribution in [0.1, 0.15) is 25.8 Å². The summed E-state index contributed by atoms with van der Waals surface area (Å²) in [6.45, 7) is 10.0. The van der Waals surface area contributed by atoms with Crippen LogP contribution in [0.2, 0.25) is 0 Å². The standard InChI is InChI=1S/C18H28N2O/c1-3-18(15-21)20-11-9-19(10-12-20)14-16(2)13-17-7-5-4-6-8-17/h4-8,13,18,21H,3,9-12,14-15H2,1-2H3/b16-13+/t18-/m1/s1. The zero-order valence-corrected chi connectivity index (χ0v) is 13.3. The molecule has 1 aliphatic heterocycles. The zero-order chi connectivity index (χ0) is 15.1. The van der Waals surface area contributed by atoms with Gasteiger partial charge in [-0.3, -0.25) is 9.80 Å². The quantitative estimate of drug-likeness (QED) is 0.871. The van der Waals surface area contributed by atoms with Crippen molar-refractivity contribution in [3.8, 4) is 0 Å².